The topological polar surface area (TPSA) is 88.8 Å². The van der Waals surface area contributed by atoms with Gasteiger partial charge in [0.05, 0.1) is 11.4 Å². The lowest BCUT2D eigenvalue weighted by atomic mass is 9.86. The standard InChI is InChI=1S/C24H22F5NO5/c1-4-11(2)9-15(23(33)34)18-12(3)30(17-10-16(25)21(31)20(26)19(17)18)22(32)13-5-7-14(8-6-13)35-24(27,28)29/h5-8,10-11,15,31H,4,9H2,1-3H3,(H,33,34)/t11?,15-/m0/s1. The molecule has 35 heavy (non-hydrogen) atoms. The van der Waals surface area contributed by atoms with Gasteiger partial charge in [-0.05, 0) is 49.1 Å². The van der Waals surface area contributed by atoms with Gasteiger partial charge >= 0.3 is 12.3 Å². The molecule has 0 aliphatic rings. The Morgan fingerprint density at radius 3 is 2.26 bits per heavy atom. The first-order chi connectivity index (χ1) is 16.3. The number of hydrogen-bond acceptors (Lipinski definition) is 4. The van der Waals surface area contributed by atoms with Crippen LogP contribution in [0.2, 0.25) is 0 Å². The van der Waals surface area contributed by atoms with E-state index in [1.54, 1.807) is 6.92 Å². The van der Waals surface area contributed by atoms with Gasteiger partial charge in [-0.25, -0.2) is 8.78 Å². The van der Waals surface area contributed by atoms with Gasteiger partial charge in [0.2, 0.25) is 0 Å². The number of phenols is 1. The first-order valence-electron chi connectivity index (χ1n) is 10.6. The van der Waals surface area contributed by atoms with Gasteiger partial charge in [0, 0.05) is 22.7 Å². The number of benzene rings is 2. The molecule has 2 atom stereocenters. The van der Waals surface area contributed by atoms with Crippen LogP contribution in [0.25, 0.3) is 10.9 Å². The number of nitrogens with zero attached hydrogens (tertiary/aromatic N) is 1. The third-order valence-electron chi connectivity index (χ3n) is 5.93. The molecule has 0 bridgehead atoms. The van der Waals surface area contributed by atoms with Gasteiger partial charge in [-0.2, -0.15) is 0 Å². The van der Waals surface area contributed by atoms with E-state index in [1.165, 1.54) is 6.92 Å². The summed E-state index contributed by atoms with van der Waals surface area (Å²) in [6.07, 6.45) is -4.23. The molecule has 0 radical (unpaired) electrons. The second-order valence-corrected chi connectivity index (χ2v) is 8.27. The minimum atomic E-state index is -4.94. The van der Waals surface area contributed by atoms with Gasteiger partial charge in [0.15, 0.2) is 17.4 Å². The summed E-state index contributed by atoms with van der Waals surface area (Å²) in [5.41, 5.74) is -0.554. The molecule has 0 spiro atoms. The molecule has 3 aromatic rings. The van der Waals surface area contributed by atoms with E-state index in [4.69, 9.17) is 0 Å². The number of ether oxygens (including phenoxy) is 1. The van der Waals surface area contributed by atoms with Gasteiger partial charge < -0.3 is 14.9 Å². The van der Waals surface area contributed by atoms with Crippen molar-refractivity contribution in [1.82, 2.24) is 4.57 Å². The molecule has 0 fully saturated rings. The minimum absolute atomic E-state index is 0.000205. The molecule has 11 heteroatoms. The number of carboxylic acid groups (broad SMARTS) is 1. The maximum Gasteiger partial charge on any atom is 0.573 e. The smallest absolute Gasteiger partial charge is 0.503 e. The van der Waals surface area contributed by atoms with E-state index in [2.05, 4.69) is 4.74 Å². The van der Waals surface area contributed by atoms with Crippen molar-refractivity contribution < 1.29 is 46.5 Å². The Hall–Kier alpha value is -3.63. The highest BCUT2D eigenvalue weighted by Crippen LogP contribution is 2.41. The molecular formula is C24H22F5NO5. The van der Waals surface area contributed by atoms with E-state index in [0.29, 0.717) is 12.5 Å². The summed E-state index contributed by atoms with van der Waals surface area (Å²) in [6.45, 7) is 5.00. The van der Waals surface area contributed by atoms with Crippen molar-refractivity contribution in [2.45, 2.75) is 45.9 Å². The molecule has 188 valence electrons. The monoisotopic (exact) mass is 499 g/mol. The zero-order chi connectivity index (χ0) is 26.2. The molecule has 1 aromatic heterocycles. The fourth-order valence-corrected chi connectivity index (χ4v) is 4.04. The van der Waals surface area contributed by atoms with Crippen LogP contribution in [0.3, 0.4) is 0 Å². The summed E-state index contributed by atoms with van der Waals surface area (Å²) >= 11 is 0. The fourth-order valence-electron chi connectivity index (χ4n) is 4.04. The van der Waals surface area contributed by atoms with E-state index in [0.717, 1.165) is 28.8 Å². The van der Waals surface area contributed by atoms with E-state index < -0.39 is 52.7 Å². The third kappa shape index (κ3) is 5.08. The van der Waals surface area contributed by atoms with E-state index >= 15 is 4.39 Å². The molecular weight excluding hydrogens is 477 g/mol. The van der Waals surface area contributed by atoms with Crippen LogP contribution in [0.15, 0.2) is 30.3 Å². The summed E-state index contributed by atoms with van der Waals surface area (Å²) < 4.78 is 71.3. The Morgan fingerprint density at radius 1 is 1.14 bits per heavy atom. The number of halogens is 5. The third-order valence-corrected chi connectivity index (χ3v) is 5.93. The van der Waals surface area contributed by atoms with E-state index in [1.807, 2.05) is 6.92 Å². The van der Waals surface area contributed by atoms with E-state index in [-0.39, 0.29) is 34.7 Å². The predicted octanol–water partition coefficient (Wildman–Crippen LogP) is 6.13. The number of phenolic OH excluding ortho intramolecular Hbond substituents is 1. The summed E-state index contributed by atoms with van der Waals surface area (Å²) in [6, 6.07) is 4.59. The van der Waals surface area contributed by atoms with Crippen LogP contribution in [-0.2, 0) is 4.79 Å². The van der Waals surface area contributed by atoms with Crippen molar-refractivity contribution in [2.75, 3.05) is 0 Å². The van der Waals surface area contributed by atoms with Gasteiger partial charge in [0.25, 0.3) is 5.91 Å². The second-order valence-electron chi connectivity index (χ2n) is 8.27. The highest BCUT2D eigenvalue weighted by atomic mass is 19.4. The Kier molecular flexibility index (Phi) is 7.09. The van der Waals surface area contributed by atoms with Crippen LogP contribution in [0.1, 0.15) is 54.2 Å². The van der Waals surface area contributed by atoms with Gasteiger partial charge in [0.1, 0.15) is 5.75 Å². The SMILES string of the molecule is CCC(C)C[C@H](C(=O)O)c1c(C)n(C(=O)c2ccc(OC(F)(F)F)cc2)c2cc(F)c(O)c(F)c12. The molecule has 3 rings (SSSR count). The maximum atomic E-state index is 15.1. The van der Waals surface area contributed by atoms with Crippen molar-refractivity contribution in [3.63, 3.8) is 0 Å². The number of rotatable bonds is 7. The largest absolute Gasteiger partial charge is 0.573 e. The lowest BCUT2D eigenvalue weighted by molar-refractivity contribution is -0.274. The molecule has 0 amide bonds. The number of alkyl halides is 3. The number of aromatic hydroxyl groups is 1. The van der Waals surface area contributed by atoms with Crippen molar-refractivity contribution in [3.8, 4) is 11.5 Å². The molecule has 2 aromatic carbocycles. The first kappa shape index (κ1) is 26.0. The summed E-state index contributed by atoms with van der Waals surface area (Å²) in [5, 5.41) is 19.3. The molecule has 1 unspecified atom stereocenters. The lowest BCUT2D eigenvalue weighted by Gasteiger charge is -2.18. The number of hydrogen-bond donors (Lipinski definition) is 2. The van der Waals surface area contributed by atoms with Crippen molar-refractivity contribution in [1.29, 1.82) is 0 Å². The Morgan fingerprint density at radius 2 is 1.74 bits per heavy atom. The summed E-state index contributed by atoms with van der Waals surface area (Å²) in [7, 11) is 0. The molecule has 2 N–H and O–H groups in total. The Labute approximate surface area is 196 Å². The maximum absolute atomic E-state index is 15.1. The average molecular weight is 499 g/mol. The molecule has 0 saturated carbocycles. The van der Waals surface area contributed by atoms with Gasteiger partial charge in [-0.15, -0.1) is 13.2 Å². The molecule has 6 nitrogen and oxygen atoms in total. The second kappa shape index (κ2) is 9.55. The van der Waals surface area contributed by atoms with E-state index in [9.17, 15) is 37.4 Å². The van der Waals surface area contributed by atoms with Crippen LogP contribution in [-0.4, -0.2) is 33.0 Å². The predicted molar refractivity (Wildman–Crippen MR) is 116 cm³/mol. The zero-order valence-electron chi connectivity index (χ0n) is 18.9. The normalized spacial score (nSPS) is 13.6. The summed E-state index contributed by atoms with van der Waals surface area (Å²) in [5.74, 6) is -8.20. The van der Waals surface area contributed by atoms with Crippen LogP contribution < -0.4 is 4.74 Å². The van der Waals surface area contributed by atoms with Crippen molar-refractivity contribution in [2.24, 2.45) is 5.92 Å². The molecule has 1 heterocycles. The summed E-state index contributed by atoms with van der Waals surface area (Å²) in [4.78, 5) is 25.5. The Bertz CT molecular complexity index is 1280. The zero-order valence-corrected chi connectivity index (χ0v) is 18.9. The van der Waals surface area contributed by atoms with Crippen LogP contribution in [0, 0.1) is 24.5 Å². The van der Waals surface area contributed by atoms with Crippen LogP contribution in [0.5, 0.6) is 11.5 Å². The van der Waals surface area contributed by atoms with Crippen LogP contribution >= 0.6 is 0 Å². The lowest BCUT2D eigenvalue weighted by Crippen LogP contribution is -2.18. The quantitative estimate of drug-likeness (QED) is 0.382. The number of carboxylic acids is 1. The number of carbonyl (C=O) groups excluding carboxylic acids is 1. The fraction of sp³-hybridized carbons (Fsp3) is 0.333. The first-order valence-corrected chi connectivity index (χ1v) is 10.6. The van der Waals surface area contributed by atoms with Crippen molar-refractivity contribution >= 4 is 22.8 Å². The van der Waals surface area contributed by atoms with Crippen LogP contribution in [0.4, 0.5) is 22.0 Å². The minimum Gasteiger partial charge on any atom is -0.503 e. The van der Waals surface area contributed by atoms with Gasteiger partial charge in [-0.3, -0.25) is 14.2 Å². The number of fused-ring (bicyclic) bond motifs is 1. The highest BCUT2D eigenvalue weighted by Gasteiger charge is 2.34. The highest BCUT2D eigenvalue weighted by molar-refractivity contribution is 6.05. The Balaban J connectivity index is 2.24. The number of aromatic nitrogens is 1. The molecule has 0 saturated heterocycles. The molecule has 0 aliphatic carbocycles. The average Bonchev–Trinajstić information content (AvgIpc) is 3.05. The molecule has 0 aliphatic heterocycles. The number of carbonyl (C=O) groups is 2. The number of aliphatic carboxylic acids is 1. The van der Waals surface area contributed by atoms with Crippen molar-refractivity contribution in [3.05, 3.63) is 58.8 Å². The van der Waals surface area contributed by atoms with Gasteiger partial charge in [-0.1, -0.05) is 20.3 Å².